The van der Waals surface area contributed by atoms with Crippen LogP contribution in [0.3, 0.4) is 0 Å². The maximum absolute atomic E-state index is 12.9. The number of rotatable bonds is 12. The summed E-state index contributed by atoms with van der Waals surface area (Å²) < 4.78 is 5.40. The third-order valence-electron chi connectivity index (χ3n) is 5.76. The predicted octanol–water partition coefficient (Wildman–Crippen LogP) is 2.33. The number of carbonyl (C=O) groups is 4. The van der Waals surface area contributed by atoms with Crippen molar-refractivity contribution in [3.05, 3.63) is 40.2 Å². The first-order valence-corrected chi connectivity index (χ1v) is 11.7. The summed E-state index contributed by atoms with van der Waals surface area (Å²) in [5, 5.41) is 14.5. The van der Waals surface area contributed by atoms with Gasteiger partial charge in [-0.3, -0.25) is 19.2 Å². The van der Waals surface area contributed by atoms with E-state index in [1.807, 2.05) is 19.9 Å². The van der Waals surface area contributed by atoms with Crippen molar-refractivity contribution in [3.8, 4) is 0 Å². The molecule has 0 saturated carbocycles. The fraction of sp³-hybridized carbons (Fsp3) is 0.480. The molecule has 2 aromatic rings. The molecule has 1 heterocycles. The first kappa shape index (κ1) is 27.6. The summed E-state index contributed by atoms with van der Waals surface area (Å²) in [5.74, 6) is -3.60. The first-order chi connectivity index (χ1) is 16.5. The van der Waals surface area contributed by atoms with Crippen LogP contribution in [0.4, 0.5) is 5.69 Å². The molecule has 0 aliphatic carbocycles. The molecule has 0 radical (unpaired) electrons. The second-order valence-corrected chi connectivity index (χ2v) is 8.52. The average Bonchev–Trinajstić information content (AvgIpc) is 2.81. The zero-order valence-electron chi connectivity index (χ0n) is 20.7. The van der Waals surface area contributed by atoms with Crippen molar-refractivity contribution in [1.82, 2.24) is 10.6 Å². The van der Waals surface area contributed by atoms with Crippen LogP contribution in [0.25, 0.3) is 11.0 Å². The zero-order chi connectivity index (χ0) is 26.3. The Labute approximate surface area is 203 Å². The van der Waals surface area contributed by atoms with Gasteiger partial charge in [-0.2, -0.15) is 0 Å². The van der Waals surface area contributed by atoms with Gasteiger partial charge >= 0.3 is 11.6 Å². The highest BCUT2D eigenvalue weighted by atomic mass is 16.4. The zero-order valence-corrected chi connectivity index (χ0v) is 20.7. The van der Waals surface area contributed by atoms with E-state index in [0.29, 0.717) is 11.0 Å². The molecule has 0 aliphatic heterocycles. The normalized spacial score (nSPS) is 12.7. The Kier molecular flexibility index (Phi) is 9.56. The Morgan fingerprint density at radius 2 is 1.69 bits per heavy atom. The number of hydrogen-bond acceptors (Lipinski definition) is 7. The van der Waals surface area contributed by atoms with Crippen LogP contribution in [0, 0.1) is 5.92 Å². The summed E-state index contributed by atoms with van der Waals surface area (Å²) in [5.41, 5.74) is 0.110. The summed E-state index contributed by atoms with van der Waals surface area (Å²) in [6.07, 6.45) is -0.522. The molecule has 0 aliphatic rings. The van der Waals surface area contributed by atoms with E-state index in [1.54, 1.807) is 32.9 Å². The lowest BCUT2D eigenvalue weighted by Gasteiger charge is -2.24. The smallest absolute Gasteiger partial charge is 0.349 e. The number of hydrogen-bond donors (Lipinski definition) is 3. The molecule has 35 heavy (non-hydrogen) atoms. The number of fused-ring (bicyclic) bond motifs is 1. The molecule has 0 spiro atoms. The molecule has 10 heteroatoms. The SMILES string of the molecule is CCC(=O)C(CC(=O)O)NC(=O)C(NC(=O)c1cc2ccc(N(CC)CC)cc2oc1=O)C(C)C. The van der Waals surface area contributed by atoms with Crippen molar-refractivity contribution in [2.75, 3.05) is 18.0 Å². The van der Waals surface area contributed by atoms with Crippen molar-refractivity contribution in [2.45, 2.75) is 59.5 Å². The topological polar surface area (TPSA) is 146 Å². The van der Waals surface area contributed by atoms with E-state index >= 15 is 0 Å². The molecule has 0 bridgehead atoms. The lowest BCUT2D eigenvalue weighted by Crippen LogP contribution is -2.54. The van der Waals surface area contributed by atoms with Crippen molar-refractivity contribution in [3.63, 3.8) is 0 Å². The Morgan fingerprint density at radius 1 is 1.03 bits per heavy atom. The van der Waals surface area contributed by atoms with Gasteiger partial charge in [0.15, 0.2) is 5.78 Å². The number of carboxylic acid groups (broad SMARTS) is 1. The number of nitrogens with zero attached hydrogens (tertiary/aromatic N) is 1. The van der Waals surface area contributed by atoms with Crippen molar-refractivity contribution in [2.24, 2.45) is 5.92 Å². The van der Waals surface area contributed by atoms with Crippen molar-refractivity contribution in [1.29, 1.82) is 0 Å². The van der Waals surface area contributed by atoms with Crippen LogP contribution in [0.1, 0.15) is 57.8 Å². The van der Waals surface area contributed by atoms with Crippen LogP contribution in [0.2, 0.25) is 0 Å². The van der Waals surface area contributed by atoms with Gasteiger partial charge in [-0.05, 0) is 38.0 Å². The molecule has 190 valence electrons. The molecule has 2 unspecified atom stereocenters. The average molecular weight is 488 g/mol. The van der Waals surface area contributed by atoms with Crippen LogP contribution in [0.5, 0.6) is 0 Å². The summed E-state index contributed by atoms with van der Waals surface area (Å²) in [4.78, 5) is 63.6. The van der Waals surface area contributed by atoms with Crippen LogP contribution in [-0.4, -0.2) is 53.8 Å². The molecular weight excluding hydrogens is 454 g/mol. The second kappa shape index (κ2) is 12.1. The van der Waals surface area contributed by atoms with Crippen LogP contribution < -0.4 is 21.2 Å². The lowest BCUT2D eigenvalue weighted by atomic mass is 10.0. The quantitative estimate of drug-likeness (QED) is 0.387. The highest BCUT2D eigenvalue weighted by Crippen LogP contribution is 2.22. The van der Waals surface area contributed by atoms with Crippen molar-refractivity contribution >= 4 is 40.2 Å². The second-order valence-electron chi connectivity index (χ2n) is 8.52. The van der Waals surface area contributed by atoms with Gasteiger partial charge in [0.2, 0.25) is 5.91 Å². The number of benzene rings is 1. The van der Waals surface area contributed by atoms with E-state index in [2.05, 4.69) is 15.5 Å². The summed E-state index contributed by atoms with van der Waals surface area (Å²) in [6, 6.07) is 4.45. The molecule has 10 nitrogen and oxygen atoms in total. The lowest BCUT2D eigenvalue weighted by molar-refractivity contribution is -0.140. The minimum absolute atomic E-state index is 0.0467. The first-order valence-electron chi connectivity index (χ1n) is 11.7. The molecule has 2 rings (SSSR count). The molecule has 1 aromatic heterocycles. The number of Topliss-reactive ketones (excluding diaryl/α,β-unsaturated/α-hetero) is 1. The number of carboxylic acids is 1. The largest absolute Gasteiger partial charge is 0.481 e. The molecular formula is C25H33N3O7. The van der Waals surface area contributed by atoms with E-state index in [1.165, 1.54) is 6.07 Å². The number of anilines is 1. The molecule has 1 aromatic carbocycles. The van der Waals surface area contributed by atoms with Gasteiger partial charge in [0.1, 0.15) is 17.2 Å². The van der Waals surface area contributed by atoms with E-state index in [-0.39, 0.29) is 12.0 Å². The highest BCUT2D eigenvalue weighted by molar-refractivity contribution is 6.00. The Balaban J connectivity index is 2.29. The molecule has 2 amide bonds. The van der Waals surface area contributed by atoms with Gasteiger partial charge in [0, 0.05) is 36.7 Å². The van der Waals surface area contributed by atoms with Crippen LogP contribution in [0.15, 0.2) is 33.5 Å². The summed E-state index contributed by atoms with van der Waals surface area (Å²) in [7, 11) is 0. The third-order valence-corrected chi connectivity index (χ3v) is 5.76. The minimum atomic E-state index is -1.24. The van der Waals surface area contributed by atoms with Gasteiger partial charge in [-0.25, -0.2) is 4.79 Å². The third kappa shape index (κ3) is 6.91. The van der Waals surface area contributed by atoms with Gasteiger partial charge < -0.3 is 25.1 Å². The fourth-order valence-electron chi connectivity index (χ4n) is 3.73. The minimum Gasteiger partial charge on any atom is -0.481 e. The van der Waals surface area contributed by atoms with Gasteiger partial charge in [-0.15, -0.1) is 0 Å². The van der Waals surface area contributed by atoms with Crippen LogP contribution >= 0.6 is 0 Å². The Morgan fingerprint density at radius 3 is 2.23 bits per heavy atom. The number of ketones is 1. The number of amides is 2. The van der Waals surface area contributed by atoms with Crippen LogP contribution in [-0.2, 0) is 14.4 Å². The number of carbonyl (C=O) groups excluding carboxylic acids is 3. The van der Waals surface area contributed by atoms with E-state index in [9.17, 15) is 24.0 Å². The van der Waals surface area contributed by atoms with Crippen molar-refractivity contribution < 1.29 is 28.7 Å². The highest BCUT2D eigenvalue weighted by Gasteiger charge is 2.30. The van der Waals surface area contributed by atoms with Gasteiger partial charge in [0.25, 0.3) is 5.91 Å². The van der Waals surface area contributed by atoms with E-state index < -0.39 is 53.6 Å². The molecule has 0 saturated heterocycles. The van der Waals surface area contributed by atoms with Gasteiger partial charge in [0.05, 0.1) is 12.5 Å². The van der Waals surface area contributed by atoms with Gasteiger partial charge in [-0.1, -0.05) is 20.8 Å². The standard InChI is InChI=1S/C25H33N3O7/c1-6-19(29)18(13-21(30)31)26-24(33)22(14(4)5)27-23(32)17-11-15-9-10-16(28(7-2)8-3)12-20(15)35-25(17)34/h9-12,14,18,22H,6-8,13H2,1-5H3,(H,26,33)(H,27,32)(H,30,31). The summed E-state index contributed by atoms with van der Waals surface area (Å²) in [6.45, 7) is 10.5. The Hall–Kier alpha value is -3.69. The number of aliphatic carboxylic acids is 1. The predicted molar refractivity (Wildman–Crippen MR) is 132 cm³/mol. The number of nitrogens with one attached hydrogen (secondary N) is 2. The monoisotopic (exact) mass is 487 g/mol. The maximum Gasteiger partial charge on any atom is 0.349 e. The Bertz CT molecular complexity index is 1150. The fourth-order valence-corrected chi connectivity index (χ4v) is 3.73. The van der Waals surface area contributed by atoms with E-state index in [0.717, 1.165) is 18.8 Å². The molecule has 0 fully saturated rings. The molecule has 2 atom stereocenters. The summed E-state index contributed by atoms with van der Waals surface area (Å²) >= 11 is 0. The van der Waals surface area contributed by atoms with E-state index in [4.69, 9.17) is 9.52 Å². The molecule has 3 N–H and O–H groups in total. The maximum atomic E-state index is 12.9.